The predicted molar refractivity (Wildman–Crippen MR) is 42.5 cm³/mol. The summed E-state index contributed by atoms with van der Waals surface area (Å²) in [5.74, 6) is -6.74. The van der Waals surface area contributed by atoms with Crippen molar-refractivity contribution in [2.45, 2.75) is 25.4 Å². The van der Waals surface area contributed by atoms with Gasteiger partial charge >= 0.3 is 94.6 Å². The molecule has 2 N–H and O–H groups in total. The second-order valence-corrected chi connectivity index (χ2v) is 2.93. The summed E-state index contributed by atoms with van der Waals surface area (Å²) in [6.45, 7) is 0.972. The quantitative estimate of drug-likeness (QED) is 0.465. The largest absolute Gasteiger partial charge is 1.00 e. The number of rotatable bonds is 5. The summed E-state index contributed by atoms with van der Waals surface area (Å²) in [7, 11) is 0. The van der Waals surface area contributed by atoms with Crippen molar-refractivity contribution in [1.29, 1.82) is 0 Å². The van der Waals surface area contributed by atoms with Gasteiger partial charge in [0.15, 0.2) is 5.60 Å². The molecule has 0 fully saturated rings. The van der Waals surface area contributed by atoms with Gasteiger partial charge in [0.2, 0.25) is 0 Å². The molecule has 0 aliphatic carbocycles. The molecule has 0 aliphatic heterocycles. The third-order valence-electron chi connectivity index (χ3n) is 1.27. The summed E-state index contributed by atoms with van der Waals surface area (Å²) >= 11 is 0. The number of hydrogen-bond donors (Lipinski definition) is 2. The summed E-state index contributed by atoms with van der Waals surface area (Å²) in [6, 6.07) is 0. The van der Waals surface area contributed by atoms with Gasteiger partial charge in [-0.2, -0.15) is 0 Å². The van der Waals surface area contributed by atoms with E-state index in [0.717, 1.165) is 6.92 Å². The van der Waals surface area contributed by atoms with E-state index in [1.54, 1.807) is 0 Å². The summed E-state index contributed by atoms with van der Waals surface area (Å²) < 4.78 is 0. The second-order valence-electron chi connectivity index (χ2n) is 2.93. The summed E-state index contributed by atoms with van der Waals surface area (Å²) in [5, 5.41) is 46.1. The minimum atomic E-state index is -2.86. The first-order chi connectivity index (χ1) is 7.51. The van der Waals surface area contributed by atoms with Crippen LogP contribution in [0.4, 0.5) is 0 Å². The monoisotopic (exact) mass is 318 g/mol. The Kier molecular flexibility index (Phi) is 26.5. The molecule has 0 saturated carbocycles. The summed E-state index contributed by atoms with van der Waals surface area (Å²) in [4.78, 5) is 39.1. The summed E-state index contributed by atoms with van der Waals surface area (Å²) in [5.41, 5.74) is -2.86. The van der Waals surface area contributed by atoms with E-state index in [1.165, 1.54) is 0 Å². The molecule has 0 bridgehead atoms. The van der Waals surface area contributed by atoms with Gasteiger partial charge in [0.1, 0.15) is 0 Å². The molecule has 0 saturated heterocycles. The molecule has 9 nitrogen and oxygen atoms in total. The number of aliphatic carboxylic acids is 4. The van der Waals surface area contributed by atoms with Gasteiger partial charge in [0, 0.05) is 30.7 Å². The molecule has 0 rings (SSSR count). The van der Waals surface area contributed by atoms with E-state index >= 15 is 0 Å². The van der Waals surface area contributed by atoms with Crippen LogP contribution in [0.5, 0.6) is 0 Å². The molecule has 0 aromatic heterocycles. The van der Waals surface area contributed by atoms with Crippen LogP contribution in [0.3, 0.4) is 0 Å². The van der Waals surface area contributed by atoms with Gasteiger partial charge in [-0.05, 0) is 6.92 Å². The van der Waals surface area contributed by atoms with Crippen molar-refractivity contribution in [1.82, 2.24) is 0 Å². The fourth-order valence-electron chi connectivity index (χ4n) is 0.691. The van der Waals surface area contributed by atoms with Gasteiger partial charge in [-0.15, -0.1) is 0 Å². The fraction of sp³-hybridized carbons (Fsp3) is 0.500. The standard InChI is InChI=1S/C6H8O7.C2H4O2.3Na/c7-3(8)1-6(13,5(11)12)2-4(9)10;1-2(3)4;;;/h13H,1-2H2,(H,7,8)(H,9,10)(H,11,12);1H3,(H,3,4);;;/q;;3*+1/p-3. The molecule has 20 heavy (non-hydrogen) atoms. The van der Waals surface area contributed by atoms with Crippen molar-refractivity contribution in [3.05, 3.63) is 0 Å². The average Bonchev–Trinajstić information content (AvgIpc) is 1.98. The van der Waals surface area contributed by atoms with Crippen LogP contribution in [0.2, 0.25) is 0 Å². The number of carbonyl (C=O) groups is 4. The Morgan fingerprint density at radius 1 is 0.900 bits per heavy atom. The van der Waals surface area contributed by atoms with Gasteiger partial charge in [0.05, 0.1) is 0 Å². The topological polar surface area (TPSA) is 178 Å². The van der Waals surface area contributed by atoms with Crippen LogP contribution in [0.15, 0.2) is 0 Å². The normalized spacial score (nSPS) is 8.30. The van der Waals surface area contributed by atoms with Crippen LogP contribution in [-0.2, 0) is 19.2 Å². The van der Waals surface area contributed by atoms with Crippen LogP contribution >= 0.6 is 0 Å². The van der Waals surface area contributed by atoms with Crippen molar-refractivity contribution >= 4 is 23.9 Å². The van der Waals surface area contributed by atoms with Crippen molar-refractivity contribution in [3.63, 3.8) is 0 Å². The SMILES string of the molecule is CC(=O)[O-].O=C([O-])CC(O)(CC(=O)[O-])C(=O)O.[Na+].[Na+].[Na+]. The Balaban J connectivity index is -0.0000000951. The molecule has 98 valence electrons. The van der Waals surface area contributed by atoms with Gasteiger partial charge in [-0.3, -0.25) is 0 Å². The van der Waals surface area contributed by atoms with Crippen LogP contribution in [0.1, 0.15) is 19.8 Å². The van der Waals surface area contributed by atoms with Crippen molar-refractivity contribution < 1.29 is 133 Å². The Hall–Kier alpha value is 0.840. The molecular formula is C8H9Na3O9. The zero-order valence-electron chi connectivity index (χ0n) is 11.7. The van der Waals surface area contributed by atoms with Crippen LogP contribution in [-0.4, -0.2) is 39.7 Å². The van der Waals surface area contributed by atoms with E-state index < -0.39 is 42.3 Å². The van der Waals surface area contributed by atoms with E-state index in [9.17, 15) is 24.6 Å². The maximum atomic E-state index is 10.3. The molecule has 12 heteroatoms. The second kappa shape index (κ2) is 16.2. The van der Waals surface area contributed by atoms with Gasteiger partial charge in [-0.25, -0.2) is 4.79 Å². The van der Waals surface area contributed by atoms with E-state index in [4.69, 9.17) is 20.1 Å². The first-order valence-corrected chi connectivity index (χ1v) is 4.04. The van der Waals surface area contributed by atoms with Crippen molar-refractivity contribution in [3.8, 4) is 0 Å². The molecule has 0 spiro atoms. The maximum Gasteiger partial charge on any atom is 1.00 e. The van der Waals surface area contributed by atoms with Crippen LogP contribution in [0, 0.1) is 0 Å². The molecule has 0 heterocycles. The molecule has 0 aliphatic rings. The van der Waals surface area contributed by atoms with E-state index in [2.05, 4.69) is 0 Å². The van der Waals surface area contributed by atoms with Crippen molar-refractivity contribution in [2.75, 3.05) is 0 Å². The fourth-order valence-corrected chi connectivity index (χ4v) is 0.691. The third kappa shape index (κ3) is 21.1. The molecule has 0 atom stereocenters. The number of carbonyl (C=O) groups excluding carboxylic acids is 3. The van der Waals surface area contributed by atoms with Crippen LogP contribution < -0.4 is 104 Å². The molecular weight excluding hydrogens is 309 g/mol. The van der Waals surface area contributed by atoms with Crippen molar-refractivity contribution in [2.24, 2.45) is 0 Å². The number of aliphatic hydroxyl groups is 1. The Morgan fingerprint density at radius 3 is 1.20 bits per heavy atom. The average molecular weight is 318 g/mol. The number of carboxylic acids is 4. The first kappa shape index (κ1) is 32.7. The van der Waals surface area contributed by atoms with Gasteiger partial charge in [-0.1, -0.05) is 0 Å². The molecule has 0 radical (unpaired) electrons. The molecule has 0 aromatic rings. The van der Waals surface area contributed by atoms with E-state index in [0.29, 0.717) is 0 Å². The van der Waals surface area contributed by atoms with Gasteiger partial charge < -0.3 is 39.9 Å². The minimum Gasteiger partial charge on any atom is -0.550 e. The Bertz CT molecular complexity index is 311. The van der Waals surface area contributed by atoms with Gasteiger partial charge in [0.25, 0.3) is 0 Å². The summed E-state index contributed by atoms with van der Waals surface area (Å²) in [6.07, 6.45) is -2.59. The maximum absolute atomic E-state index is 10.3. The zero-order chi connectivity index (χ0) is 14.2. The van der Waals surface area contributed by atoms with E-state index in [1.807, 2.05) is 0 Å². The zero-order valence-corrected chi connectivity index (χ0v) is 17.7. The smallest absolute Gasteiger partial charge is 0.550 e. The first-order valence-electron chi connectivity index (χ1n) is 4.04. The molecule has 0 unspecified atom stereocenters. The molecule has 0 amide bonds. The minimum absolute atomic E-state index is 0. The predicted octanol–water partition coefficient (Wildman–Crippen LogP) is -14.1. The number of hydrogen-bond acceptors (Lipinski definition) is 8. The van der Waals surface area contributed by atoms with Crippen LogP contribution in [0.25, 0.3) is 0 Å². The Morgan fingerprint density at radius 2 is 1.10 bits per heavy atom. The Labute approximate surface area is 180 Å². The molecule has 0 aromatic carbocycles. The third-order valence-corrected chi connectivity index (χ3v) is 1.27. The van der Waals surface area contributed by atoms with E-state index in [-0.39, 0.29) is 88.7 Å². The number of carboxylic acid groups (broad SMARTS) is 4.